The maximum Gasteiger partial charge on any atom is 0.164 e. The second-order valence-corrected chi connectivity index (χ2v) is 13.5. The van der Waals surface area contributed by atoms with Crippen LogP contribution in [0.3, 0.4) is 0 Å². The van der Waals surface area contributed by atoms with Gasteiger partial charge in [-0.3, -0.25) is 0 Å². The van der Waals surface area contributed by atoms with Gasteiger partial charge in [0.25, 0.3) is 0 Å². The first kappa shape index (κ1) is 32.2. The van der Waals surface area contributed by atoms with Crippen molar-refractivity contribution in [1.82, 2.24) is 24.6 Å². The minimum atomic E-state index is 0.631. The van der Waals surface area contributed by atoms with Crippen molar-refractivity contribution in [2.45, 2.75) is 0 Å². The van der Waals surface area contributed by atoms with Gasteiger partial charge >= 0.3 is 0 Å². The Labute approximate surface area is 318 Å². The van der Waals surface area contributed by atoms with Crippen LogP contribution in [0.5, 0.6) is 0 Å². The highest BCUT2D eigenvalue weighted by molar-refractivity contribution is 6.08. The fourth-order valence-corrected chi connectivity index (χ4v) is 7.38. The predicted octanol–water partition coefficient (Wildman–Crippen LogP) is 12.3. The molecule has 0 aliphatic heterocycles. The summed E-state index contributed by atoms with van der Waals surface area (Å²) in [7, 11) is 0. The minimum Gasteiger partial charge on any atom is -0.231 e. The number of aromatic nitrogens is 5. The third-order valence-electron chi connectivity index (χ3n) is 10.1. The number of fused-ring (bicyclic) bond motifs is 3. The van der Waals surface area contributed by atoms with Crippen molar-refractivity contribution in [2.75, 3.05) is 0 Å². The largest absolute Gasteiger partial charge is 0.231 e. The molecule has 0 N–H and O–H groups in total. The molecule has 0 spiro atoms. The van der Waals surface area contributed by atoms with Crippen molar-refractivity contribution >= 4 is 16.3 Å². The van der Waals surface area contributed by atoms with Crippen molar-refractivity contribution in [3.05, 3.63) is 200 Å². The summed E-state index contributed by atoms with van der Waals surface area (Å²) < 4.78 is 2.13. The lowest BCUT2D eigenvalue weighted by Gasteiger charge is -2.11. The molecule has 0 radical (unpaired) electrons. The summed E-state index contributed by atoms with van der Waals surface area (Å²) in [4.78, 5) is 14.8. The first-order chi connectivity index (χ1) is 27.3. The molecule has 0 atom stereocenters. The third kappa shape index (κ3) is 6.04. The molecule has 258 valence electrons. The number of pyridine rings is 1. The highest BCUT2D eigenvalue weighted by Gasteiger charge is 2.22. The van der Waals surface area contributed by atoms with Crippen LogP contribution < -0.4 is 0 Å². The van der Waals surface area contributed by atoms with Gasteiger partial charge in [0, 0.05) is 38.8 Å². The van der Waals surface area contributed by atoms with Crippen LogP contribution in [0.1, 0.15) is 0 Å². The molecular weight excluding hydrogens is 671 g/mol. The Morgan fingerprint density at radius 1 is 0.327 bits per heavy atom. The van der Waals surface area contributed by atoms with E-state index in [4.69, 9.17) is 20.1 Å². The topological polar surface area (TPSA) is 56.0 Å². The molecule has 5 heteroatoms. The van der Waals surface area contributed by atoms with Gasteiger partial charge in [-0.05, 0) is 34.2 Å². The van der Waals surface area contributed by atoms with Crippen LogP contribution in [0.4, 0.5) is 0 Å². The number of hydrogen-bond donors (Lipinski definition) is 0. The van der Waals surface area contributed by atoms with Crippen molar-refractivity contribution in [2.24, 2.45) is 0 Å². The van der Waals surface area contributed by atoms with Crippen LogP contribution in [0, 0.1) is 0 Å². The summed E-state index contributed by atoms with van der Waals surface area (Å²) in [6.45, 7) is 0. The van der Waals surface area contributed by atoms with E-state index >= 15 is 0 Å². The summed E-state index contributed by atoms with van der Waals surface area (Å²) in [5.74, 6) is 1.92. The van der Waals surface area contributed by atoms with Crippen LogP contribution in [0.15, 0.2) is 200 Å². The monoisotopic (exact) mass is 703 g/mol. The number of benzene rings is 7. The molecular formula is C50H33N5. The third-order valence-corrected chi connectivity index (χ3v) is 10.1. The van der Waals surface area contributed by atoms with Gasteiger partial charge in [0.1, 0.15) is 5.69 Å². The first-order valence-electron chi connectivity index (χ1n) is 18.4. The zero-order chi connectivity index (χ0) is 36.6. The van der Waals surface area contributed by atoms with Crippen LogP contribution in [-0.4, -0.2) is 24.6 Å². The molecule has 0 saturated carbocycles. The molecule has 0 fully saturated rings. The summed E-state index contributed by atoms with van der Waals surface area (Å²) in [5.41, 5.74) is 12.5. The molecule has 3 aromatic heterocycles. The van der Waals surface area contributed by atoms with Gasteiger partial charge in [0.15, 0.2) is 17.5 Å². The molecule has 10 rings (SSSR count). The summed E-state index contributed by atoms with van der Waals surface area (Å²) in [5, 5.41) is 7.70. The summed E-state index contributed by atoms with van der Waals surface area (Å²) in [6, 6.07) is 69.3. The Kier molecular flexibility index (Phi) is 8.08. The van der Waals surface area contributed by atoms with E-state index in [1.807, 2.05) is 60.7 Å². The molecule has 0 bridgehead atoms. The number of rotatable bonds is 7. The van der Waals surface area contributed by atoms with Gasteiger partial charge in [0.05, 0.1) is 11.2 Å². The Balaban J connectivity index is 1.10. The van der Waals surface area contributed by atoms with E-state index in [-0.39, 0.29) is 0 Å². The SMILES string of the molecule is c1ccc(-c2nc(-c3ccccc3)nc(-c3cccc(-c4ccc(-c5c(-c6ccccc6)nn6c(-c7ccccc7)cc7ccccc7c56)cc4)c3)n2)cc1. The summed E-state index contributed by atoms with van der Waals surface area (Å²) >= 11 is 0. The molecule has 5 nitrogen and oxygen atoms in total. The Morgan fingerprint density at radius 2 is 0.800 bits per heavy atom. The van der Waals surface area contributed by atoms with E-state index in [1.165, 1.54) is 5.39 Å². The zero-order valence-corrected chi connectivity index (χ0v) is 29.8. The molecule has 7 aromatic carbocycles. The van der Waals surface area contributed by atoms with Crippen molar-refractivity contribution in [1.29, 1.82) is 0 Å². The molecule has 0 unspecified atom stereocenters. The van der Waals surface area contributed by atoms with Crippen LogP contribution in [-0.2, 0) is 0 Å². The second-order valence-electron chi connectivity index (χ2n) is 13.5. The molecule has 10 aromatic rings. The first-order valence-corrected chi connectivity index (χ1v) is 18.4. The van der Waals surface area contributed by atoms with Crippen LogP contribution in [0.2, 0.25) is 0 Å². The van der Waals surface area contributed by atoms with E-state index in [1.54, 1.807) is 0 Å². The number of hydrogen-bond acceptors (Lipinski definition) is 4. The van der Waals surface area contributed by atoms with E-state index in [0.717, 1.165) is 72.4 Å². The zero-order valence-electron chi connectivity index (χ0n) is 29.8. The van der Waals surface area contributed by atoms with E-state index in [9.17, 15) is 0 Å². The lowest BCUT2D eigenvalue weighted by atomic mass is 9.95. The molecule has 0 aliphatic carbocycles. The smallest absolute Gasteiger partial charge is 0.164 e. The van der Waals surface area contributed by atoms with Crippen LogP contribution >= 0.6 is 0 Å². The van der Waals surface area contributed by atoms with Crippen molar-refractivity contribution < 1.29 is 0 Å². The fourth-order valence-electron chi connectivity index (χ4n) is 7.38. The molecule has 3 heterocycles. The average Bonchev–Trinajstić information content (AvgIpc) is 3.68. The van der Waals surface area contributed by atoms with Crippen LogP contribution in [0.25, 0.3) is 95.2 Å². The molecule has 0 aliphatic rings. The molecule has 0 saturated heterocycles. The molecule has 55 heavy (non-hydrogen) atoms. The Morgan fingerprint density at radius 3 is 1.42 bits per heavy atom. The Bertz CT molecular complexity index is 2880. The van der Waals surface area contributed by atoms with Gasteiger partial charge in [-0.25, -0.2) is 19.5 Å². The lowest BCUT2D eigenvalue weighted by molar-refractivity contribution is 0.979. The molecule has 0 amide bonds. The average molecular weight is 704 g/mol. The van der Waals surface area contributed by atoms with Gasteiger partial charge < -0.3 is 0 Å². The van der Waals surface area contributed by atoms with Crippen molar-refractivity contribution in [3.63, 3.8) is 0 Å². The van der Waals surface area contributed by atoms with E-state index < -0.39 is 0 Å². The van der Waals surface area contributed by atoms with Gasteiger partial charge in [0.2, 0.25) is 0 Å². The van der Waals surface area contributed by atoms with Gasteiger partial charge in [-0.2, -0.15) is 5.10 Å². The standard InChI is InChI=1S/C50H33N5/c1-5-16-35(17-6-1)44-33-41-24-13-14-27-43(41)47-45(46(54-55(44)47)37-18-7-2-8-19-37)36-30-28-34(29-31-36)40-25-15-26-42(32-40)50-52-48(38-20-9-3-10-21-38)51-49(53-50)39-22-11-4-12-23-39/h1-33H. The maximum atomic E-state index is 5.37. The minimum absolute atomic E-state index is 0.631. The highest BCUT2D eigenvalue weighted by Crippen LogP contribution is 2.41. The van der Waals surface area contributed by atoms with Gasteiger partial charge in [-0.15, -0.1) is 0 Å². The lowest BCUT2D eigenvalue weighted by Crippen LogP contribution is -2.00. The van der Waals surface area contributed by atoms with E-state index in [0.29, 0.717) is 17.5 Å². The maximum absolute atomic E-state index is 5.37. The summed E-state index contributed by atoms with van der Waals surface area (Å²) in [6.07, 6.45) is 0. The fraction of sp³-hybridized carbons (Fsp3) is 0. The predicted molar refractivity (Wildman–Crippen MR) is 224 cm³/mol. The quantitative estimate of drug-likeness (QED) is 0.166. The van der Waals surface area contributed by atoms with Gasteiger partial charge in [-0.1, -0.05) is 188 Å². The normalized spacial score (nSPS) is 11.3. The highest BCUT2D eigenvalue weighted by atomic mass is 15.2. The second kappa shape index (κ2) is 13.8. The van der Waals surface area contributed by atoms with E-state index in [2.05, 4.69) is 144 Å². The Hall–Kier alpha value is -7.50. The number of nitrogens with zero attached hydrogens (tertiary/aromatic N) is 5. The van der Waals surface area contributed by atoms with Crippen molar-refractivity contribution in [3.8, 4) is 78.9 Å².